The average Bonchev–Trinajstić information content (AvgIpc) is 2.98. The van der Waals surface area contributed by atoms with Gasteiger partial charge in [-0.2, -0.15) is 11.8 Å². The van der Waals surface area contributed by atoms with E-state index in [1.165, 1.54) is 0 Å². The molecule has 1 unspecified atom stereocenters. The molecule has 4 rings (SSSR count). The zero-order valence-corrected chi connectivity index (χ0v) is 20.3. The summed E-state index contributed by atoms with van der Waals surface area (Å²) in [4.78, 5) is 11.6. The number of ether oxygens (including phenoxy) is 1. The molecule has 0 bridgehead atoms. The van der Waals surface area contributed by atoms with Gasteiger partial charge in [0.1, 0.15) is 11.8 Å². The maximum atomic E-state index is 16.9. The van der Waals surface area contributed by atoms with Crippen molar-refractivity contribution in [2.75, 3.05) is 18.1 Å². The van der Waals surface area contributed by atoms with E-state index in [9.17, 15) is 4.79 Å². The first kappa shape index (κ1) is 23.3. The van der Waals surface area contributed by atoms with Crippen molar-refractivity contribution in [1.29, 1.82) is 0 Å². The number of carbonyl (C=O) groups excluding carboxylic acids is 1. The van der Waals surface area contributed by atoms with Gasteiger partial charge in [0.05, 0.1) is 12.4 Å². The van der Waals surface area contributed by atoms with Gasteiger partial charge in [0.2, 0.25) is 0 Å². The van der Waals surface area contributed by atoms with Crippen LogP contribution in [-0.2, 0) is 9.53 Å². The van der Waals surface area contributed by atoms with Crippen LogP contribution in [0, 0.1) is 34.5 Å². The van der Waals surface area contributed by atoms with Crippen LogP contribution >= 0.6 is 11.8 Å². The first-order valence-corrected chi connectivity index (χ1v) is 13.3. The van der Waals surface area contributed by atoms with E-state index < -0.39 is 17.3 Å². The van der Waals surface area contributed by atoms with Crippen LogP contribution in [0.5, 0.6) is 0 Å². The Bertz CT molecular complexity index is 767. The predicted octanol–water partition coefficient (Wildman–Crippen LogP) is 6.70. The number of halogens is 2. The number of esters is 1. The molecule has 0 spiro atoms. The number of allylic oxidation sites excluding steroid dienone is 4. The van der Waals surface area contributed by atoms with Gasteiger partial charge in [-0.05, 0) is 86.9 Å². The highest BCUT2D eigenvalue weighted by atomic mass is 32.2. The fraction of sp³-hybridized carbons (Fsp3) is 0.808. The monoisotopic (exact) mass is 452 g/mol. The van der Waals surface area contributed by atoms with Crippen molar-refractivity contribution in [2.45, 2.75) is 78.1 Å². The van der Waals surface area contributed by atoms with Gasteiger partial charge in [-0.1, -0.05) is 32.1 Å². The van der Waals surface area contributed by atoms with Gasteiger partial charge >= 0.3 is 5.97 Å². The van der Waals surface area contributed by atoms with Gasteiger partial charge in [0.15, 0.2) is 0 Å². The molecule has 4 aliphatic rings. The molecule has 31 heavy (non-hydrogen) atoms. The molecule has 8 atom stereocenters. The smallest absolute Gasteiger partial charge is 0.315 e. The van der Waals surface area contributed by atoms with Gasteiger partial charge in [-0.25, -0.2) is 8.78 Å². The molecule has 0 amide bonds. The van der Waals surface area contributed by atoms with Crippen LogP contribution in [-0.4, -0.2) is 35.9 Å². The Kier molecular flexibility index (Phi) is 6.39. The van der Waals surface area contributed by atoms with E-state index in [1.54, 1.807) is 11.8 Å². The third-order valence-electron chi connectivity index (χ3n) is 9.39. The van der Waals surface area contributed by atoms with Gasteiger partial charge in [0, 0.05) is 11.3 Å². The lowest BCUT2D eigenvalue weighted by Crippen LogP contribution is -2.61. The van der Waals surface area contributed by atoms with Gasteiger partial charge in [-0.15, -0.1) is 0 Å². The Morgan fingerprint density at radius 3 is 2.77 bits per heavy atom. The molecule has 2 nitrogen and oxygen atoms in total. The summed E-state index contributed by atoms with van der Waals surface area (Å²) < 4.78 is 37.3. The van der Waals surface area contributed by atoms with Crippen LogP contribution in [0.25, 0.3) is 0 Å². The fourth-order valence-corrected chi connectivity index (χ4v) is 8.69. The zero-order chi connectivity index (χ0) is 22.4. The van der Waals surface area contributed by atoms with E-state index >= 15 is 8.78 Å². The summed E-state index contributed by atoms with van der Waals surface area (Å²) in [6, 6.07) is 0. The van der Waals surface area contributed by atoms with E-state index in [0.717, 1.165) is 31.4 Å². The van der Waals surface area contributed by atoms with Crippen LogP contribution in [0.3, 0.4) is 0 Å². The Morgan fingerprint density at radius 2 is 2.03 bits per heavy atom. The number of carbonyl (C=O) groups is 1. The lowest BCUT2D eigenvalue weighted by atomic mass is 9.46. The number of rotatable bonds is 6. The summed E-state index contributed by atoms with van der Waals surface area (Å²) in [7, 11) is 0. The van der Waals surface area contributed by atoms with Gasteiger partial charge in [0.25, 0.3) is 0 Å². The lowest BCUT2D eigenvalue weighted by molar-refractivity contribution is -0.139. The average molecular weight is 453 g/mol. The molecular weight excluding hydrogens is 414 g/mol. The minimum Gasteiger partial charge on any atom is -0.465 e. The van der Waals surface area contributed by atoms with Gasteiger partial charge < -0.3 is 4.74 Å². The Hall–Kier alpha value is -0.840. The standard InChI is InChI=1S/C26H38F2O2S/c1-5-30-23(29)16-31-13-9-18-17(2)14-20-21-15-22(27)19-8-6-7-10-25(19,4)26(21,28)12-11-24(18,20)3/h7-8,10,17-18,20-22H,5-6,9,11-16H2,1-4H3/t17-,18+,20+,21+,22?,24-,25+,26-/m1/s1. The molecule has 5 heteroatoms. The molecule has 0 aromatic carbocycles. The van der Waals surface area contributed by atoms with Crippen LogP contribution in [0.15, 0.2) is 23.8 Å². The highest BCUT2D eigenvalue weighted by Crippen LogP contribution is 2.70. The predicted molar refractivity (Wildman–Crippen MR) is 123 cm³/mol. The first-order valence-electron chi connectivity index (χ1n) is 12.1. The Balaban J connectivity index is 1.51. The third kappa shape index (κ3) is 3.61. The second-order valence-corrected chi connectivity index (χ2v) is 11.9. The SMILES string of the molecule is CCOC(=O)CSCC[C@H]1[C@H](C)C[C@H]2[C@@H]3CC(F)C4=CCC=C[C@]4(C)[C@@]3(F)CC[C@]12C. The van der Waals surface area contributed by atoms with E-state index in [2.05, 4.69) is 13.8 Å². The number of hydrogen-bond donors (Lipinski definition) is 0. The highest BCUT2D eigenvalue weighted by molar-refractivity contribution is 7.99. The molecule has 3 fully saturated rings. The maximum Gasteiger partial charge on any atom is 0.315 e. The molecule has 0 radical (unpaired) electrons. The van der Waals surface area contributed by atoms with Crippen molar-refractivity contribution in [3.05, 3.63) is 23.8 Å². The van der Waals surface area contributed by atoms with Crippen LogP contribution in [0.1, 0.15) is 66.2 Å². The molecule has 0 aromatic rings. The largest absolute Gasteiger partial charge is 0.465 e. The Labute approximate surface area is 190 Å². The van der Waals surface area contributed by atoms with Crippen molar-refractivity contribution in [3.8, 4) is 0 Å². The summed E-state index contributed by atoms with van der Waals surface area (Å²) in [6.45, 7) is 8.84. The topological polar surface area (TPSA) is 26.3 Å². The highest BCUT2D eigenvalue weighted by Gasteiger charge is 2.68. The molecule has 4 aliphatic carbocycles. The van der Waals surface area contributed by atoms with E-state index in [4.69, 9.17) is 4.74 Å². The number of fused-ring (bicyclic) bond motifs is 5. The summed E-state index contributed by atoms with van der Waals surface area (Å²) in [5, 5.41) is 0. The number of alkyl halides is 2. The van der Waals surface area contributed by atoms with E-state index in [1.807, 2.05) is 32.1 Å². The molecule has 0 aromatic heterocycles. The normalized spacial score (nSPS) is 46.0. The summed E-state index contributed by atoms with van der Waals surface area (Å²) >= 11 is 1.64. The minimum atomic E-state index is -1.35. The molecular formula is C26H38F2O2S. The second-order valence-electron chi connectivity index (χ2n) is 10.8. The van der Waals surface area contributed by atoms with Crippen molar-refractivity contribution in [1.82, 2.24) is 0 Å². The quantitative estimate of drug-likeness (QED) is 0.255. The Morgan fingerprint density at radius 1 is 1.26 bits per heavy atom. The van der Waals surface area contributed by atoms with Crippen molar-refractivity contribution < 1.29 is 18.3 Å². The van der Waals surface area contributed by atoms with Crippen LogP contribution in [0.2, 0.25) is 0 Å². The zero-order valence-electron chi connectivity index (χ0n) is 19.5. The summed E-state index contributed by atoms with van der Waals surface area (Å²) in [5.41, 5.74) is -1.41. The van der Waals surface area contributed by atoms with Crippen LogP contribution < -0.4 is 0 Å². The van der Waals surface area contributed by atoms with E-state index in [0.29, 0.717) is 42.6 Å². The van der Waals surface area contributed by atoms with Crippen molar-refractivity contribution >= 4 is 17.7 Å². The van der Waals surface area contributed by atoms with Crippen molar-refractivity contribution in [3.63, 3.8) is 0 Å². The second kappa shape index (κ2) is 8.50. The lowest BCUT2D eigenvalue weighted by Gasteiger charge is -2.61. The first-order chi connectivity index (χ1) is 14.7. The number of thioether (sulfide) groups is 1. The van der Waals surface area contributed by atoms with Gasteiger partial charge in [-0.3, -0.25) is 4.79 Å². The molecule has 0 saturated heterocycles. The fourth-order valence-electron chi connectivity index (χ4n) is 7.88. The molecule has 0 heterocycles. The van der Waals surface area contributed by atoms with Crippen LogP contribution in [0.4, 0.5) is 8.78 Å². The number of hydrogen-bond acceptors (Lipinski definition) is 3. The molecule has 0 aliphatic heterocycles. The summed E-state index contributed by atoms with van der Waals surface area (Å²) in [5.74, 6) is 2.19. The van der Waals surface area contributed by atoms with Crippen molar-refractivity contribution in [2.24, 2.45) is 34.5 Å². The molecule has 0 N–H and O–H groups in total. The molecule has 3 saturated carbocycles. The summed E-state index contributed by atoms with van der Waals surface area (Å²) in [6.07, 6.45) is 9.39. The molecule has 174 valence electrons. The maximum absolute atomic E-state index is 16.9. The third-order valence-corrected chi connectivity index (χ3v) is 10.4. The van der Waals surface area contributed by atoms with E-state index in [-0.39, 0.29) is 23.2 Å². The minimum absolute atomic E-state index is 0.0554.